The first kappa shape index (κ1) is 15.1. The van der Waals surface area contributed by atoms with Crippen molar-refractivity contribution >= 4 is 35.0 Å². The second-order valence-electron chi connectivity index (χ2n) is 4.18. The van der Waals surface area contributed by atoms with E-state index in [4.69, 9.17) is 9.84 Å². The number of carbonyl (C=O) groups is 3. The van der Waals surface area contributed by atoms with Gasteiger partial charge in [-0.2, -0.15) is 0 Å². The highest BCUT2D eigenvalue weighted by Crippen LogP contribution is 2.32. The highest BCUT2D eigenvalue weighted by molar-refractivity contribution is 8.18. The average molecular weight is 307 g/mol. The van der Waals surface area contributed by atoms with Gasteiger partial charge >= 0.3 is 5.97 Å². The van der Waals surface area contributed by atoms with Crippen LogP contribution in [0.3, 0.4) is 0 Å². The molecular weight excluding hydrogens is 294 g/mol. The van der Waals surface area contributed by atoms with Gasteiger partial charge in [-0.1, -0.05) is 12.1 Å². The van der Waals surface area contributed by atoms with Crippen molar-refractivity contribution in [3.8, 4) is 5.75 Å². The van der Waals surface area contributed by atoms with Crippen LogP contribution >= 0.6 is 11.8 Å². The largest absolute Gasteiger partial charge is 0.482 e. The molecule has 0 unspecified atom stereocenters. The molecule has 0 saturated carbocycles. The molecule has 1 heterocycles. The summed E-state index contributed by atoms with van der Waals surface area (Å²) in [4.78, 5) is 35.4. The molecule has 110 valence electrons. The number of hydrogen-bond acceptors (Lipinski definition) is 5. The number of amides is 2. The summed E-state index contributed by atoms with van der Waals surface area (Å²) in [5, 5.41) is 8.24. The fraction of sp³-hybridized carbons (Fsp3) is 0.214. The Morgan fingerprint density at radius 2 is 2.00 bits per heavy atom. The summed E-state index contributed by atoms with van der Waals surface area (Å²) in [6, 6.07) is 6.60. The monoisotopic (exact) mass is 307 g/mol. The van der Waals surface area contributed by atoms with Gasteiger partial charge in [-0.05, 0) is 42.5 Å². The lowest BCUT2D eigenvalue weighted by atomic mass is 10.2. The Bertz CT molecular complexity index is 608. The molecule has 7 heteroatoms. The normalized spacial score (nSPS) is 16.6. The number of imide groups is 1. The van der Waals surface area contributed by atoms with Gasteiger partial charge in [0.25, 0.3) is 11.1 Å². The number of likely N-dealkylation sites (N-methyl/N-ethyl adjacent to an activating group) is 1. The van der Waals surface area contributed by atoms with E-state index in [1.54, 1.807) is 37.3 Å². The Morgan fingerprint density at radius 3 is 2.52 bits per heavy atom. The predicted octanol–water partition coefficient (Wildman–Crippen LogP) is 2.21. The van der Waals surface area contributed by atoms with E-state index in [0.717, 1.165) is 17.3 Å². The second kappa shape index (κ2) is 6.45. The van der Waals surface area contributed by atoms with Gasteiger partial charge in [0.15, 0.2) is 6.61 Å². The summed E-state index contributed by atoms with van der Waals surface area (Å²) in [6.45, 7) is 1.69. The predicted molar refractivity (Wildman–Crippen MR) is 77.9 cm³/mol. The molecule has 1 aromatic carbocycles. The molecule has 0 spiro atoms. The molecule has 0 atom stereocenters. The number of hydrogen-bond donors (Lipinski definition) is 1. The highest BCUT2D eigenvalue weighted by Gasteiger charge is 2.33. The fourth-order valence-electron chi connectivity index (χ4n) is 1.73. The Hall–Kier alpha value is -2.28. The first-order valence-electron chi connectivity index (χ1n) is 6.21. The highest BCUT2D eigenvalue weighted by atomic mass is 32.2. The number of benzene rings is 1. The van der Waals surface area contributed by atoms with E-state index >= 15 is 0 Å². The quantitative estimate of drug-likeness (QED) is 0.840. The van der Waals surface area contributed by atoms with Crippen molar-refractivity contribution in [1.29, 1.82) is 0 Å². The zero-order valence-corrected chi connectivity index (χ0v) is 12.1. The summed E-state index contributed by atoms with van der Waals surface area (Å²) in [5.74, 6) is -0.915. The van der Waals surface area contributed by atoms with Crippen molar-refractivity contribution < 1.29 is 24.2 Å². The van der Waals surface area contributed by atoms with E-state index in [0.29, 0.717) is 17.2 Å². The number of aliphatic carboxylic acids is 1. The van der Waals surface area contributed by atoms with Crippen LogP contribution in [-0.4, -0.2) is 40.3 Å². The maximum absolute atomic E-state index is 11.9. The first-order chi connectivity index (χ1) is 10.0. The van der Waals surface area contributed by atoms with Crippen molar-refractivity contribution in [3.63, 3.8) is 0 Å². The van der Waals surface area contributed by atoms with Crippen LogP contribution in [-0.2, 0) is 9.59 Å². The zero-order valence-electron chi connectivity index (χ0n) is 11.2. The Labute approximate surface area is 125 Å². The molecule has 1 saturated heterocycles. The number of carboxylic acids is 1. The summed E-state index contributed by atoms with van der Waals surface area (Å²) < 4.78 is 5.01. The smallest absolute Gasteiger partial charge is 0.341 e. The van der Waals surface area contributed by atoms with Crippen molar-refractivity contribution in [2.75, 3.05) is 13.2 Å². The topological polar surface area (TPSA) is 83.9 Å². The maximum atomic E-state index is 11.9. The van der Waals surface area contributed by atoms with Gasteiger partial charge in [0.05, 0.1) is 4.91 Å². The molecule has 0 aliphatic carbocycles. The number of ether oxygens (including phenoxy) is 1. The van der Waals surface area contributed by atoms with Crippen LogP contribution in [0.25, 0.3) is 6.08 Å². The molecule has 2 amide bonds. The van der Waals surface area contributed by atoms with Crippen LogP contribution in [0.1, 0.15) is 12.5 Å². The van der Waals surface area contributed by atoms with Gasteiger partial charge in [-0.25, -0.2) is 4.79 Å². The molecule has 1 aromatic rings. The Morgan fingerprint density at radius 1 is 1.33 bits per heavy atom. The number of rotatable bonds is 5. The van der Waals surface area contributed by atoms with E-state index in [-0.39, 0.29) is 11.1 Å². The summed E-state index contributed by atoms with van der Waals surface area (Å²) in [5.41, 5.74) is 0.735. The number of thioether (sulfide) groups is 1. The van der Waals surface area contributed by atoms with E-state index in [9.17, 15) is 14.4 Å². The van der Waals surface area contributed by atoms with Crippen LogP contribution < -0.4 is 4.74 Å². The molecule has 6 nitrogen and oxygen atoms in total. The van der Waals surface area contributed by atoms with E-state index < -0.39 is 12.6 Å². The van der Waals surface area contributed by atoms with Gasteiger partial charge in [-0.15, -0.1) is 0 Å². The molecule has 1 N–H and O–H groups in total. The molecule has 1 fully saturated rings. The van der Waals surface area contributed by atoms with Crippen LogP contribution in [0.5, 0.6) is 5.75 Å². The Kier molecular flexibility index (Phi) is 4.64. The number of carbonyl (C=O) groups excluding carboxylic acids is 2. The van der Waals surface area contributed by atoms with E-state index in [2.05, 4.69) is 0 Å². The van der Waals surface area contributed by atoms with E-state index in [1.165, 1.54) is 4.90 Å². The van der Waals surface area contributed by atoms with Gasteiger partial charge in [-0.3, -0.25) is 14.5 Å². The molecule has 0 radical (unpaired) electrons. The summed E-state index contributed by atoms with van der Waals surface area (Å²) in [7, 11) is 0. The minimum absolute atomic E-state index is 0.268. The lowest BCUT2D eigenvalue weighted by Crippen LogP contribution is -2.27. The third kappa shape index (κ3) is 3.63. The maximum Gasteiger partial charge on any atom is 0.341 e. The van der Waals surface area contributed by atoms with Crippen molar-refractivity contribution in [1.82, 2.24) is 4.90 Å². The van der Waals surface area contributed by atoms with Crippen LogP contribution in [0, 0.1) is 0 Å². The third-order valence-corrected chi connectivity index (χ3v) is 3.64. The van der Waals surface area contributed by atoms with E-state index in [1.807, 2.05) is 0 Å². The van der Waals surface area contributed by atoms with Crippen LogP contribution in [0.2, 0.25) is 0 Å². The number of carboxylic acid groups (broad SMARTS) is 1. The van der Waals surface area contributed by atoms with Crippen molar-refractivity contribution in [2.24, 2.45) is 0 Å². The van der Waals surface area contributed by atoms with Crippen LogP contribution in [0.15, 0.2) is 29.2 Å². The van der Waals surface area contributed by atoms with Gasteiger partial charge in [0, 0.05) is 6.54 Å². The summed E-state index contributed by atoms with van der Waals surface area (Å²) in [6.07, 6.45) is 1.63. The van der Waals surface area contributed by atoms with Crippen molar-refractivity contribution in [3.05, 3.63) is 34.7 Å². The summed E-state index contributed by atoms with van der Waals surface area (Å²) >= 11 is 0.909. The first-order valence-corrected chi connectivity index (χ1v) is 7.03. The molecule has 21 heavy (non-hydrogen) atoms. The van der Waals surface area contributed by atoms with Crippen molar-refractivity contribution in [2.45, 2.75) is 6.92 Å². The second-order valence-corrected chi connectivity index (χ2v) is 5.17. The zero-order chi connectivity index (χ0) is 15.4. The SMILES string of the molecule is CCN1C(=O)SC(=Cc2ccc(OCC(=O)O)cc2)C1=O. The lowest BCUT2D eigenvalue weighted by Gasteiger charge is -2.07. The minimum Gasteiger partial charge on any atom is -0.482 e. The van der Waals surface area contributed by atoms with Crippen LogP contribution in [0.4, 0.5) is 4.79 Å². The standard InChI is InChI=1S/C14H13NO5S/c1-2-15-13(18)11(21-14(15)19)7-9-3-5-10(6-4-9)20-8-12(16)17/h3-7H,2,8H2,1H3,(H,16,17). The minimum atomic E-state index is -1.05. The molecule has 0 aromatic heterocycles. The number of nitrogens with zero attached hydrogens (tertiary/aromatic N) is 1. The lowest BCUT2D eigenvalue weighted by molar-refractivity contribution is -0.139. The Balaban J connectivity index is 2.09. The van der Waals surface area contributed by atoms with Gasteiger partial charge in [0.1, 0.15) is 5.75 Å². The third-order valence-electron chi connectivity index (χ3n) is 2.73. The molecule has 2 rings (SSSR count). The molecule has 1 aliphatic heterocycles. The molecular formula is C14H13NO5S. The average Bonchev–Trinajstić information content (AvgIpc) is 2.72. The molecule has 0 bridgehead atoms. The fourth-order valence-corrected chi connectivity index (χ4v) is 2.63. The van der Waals surface area contributed by atoms with Gasteiger partial charge < -0.3 is 9.84 Å². The molecule has 1 aliphatic rings. The van der Waals surface area contributed by atoms with Gasteiger partial charge in [0.2, 0.25) is 0 Å².